The van der Waals surface area contributed by atoms with E-state index in [1.807, 2.05) is 6.07 Å². The van der Waals surface area contributed by atoms with E-state index in [1.54, 1.807) is 19.4 Å². The highest BCUT2D eigenvalue weighted by molar-refractivity contribution is 5.39. The third-order valence-corrected chi connectivity index (χ3v) is 2.67. The molecule has 0 aromatic carbocycles. The van der Waals surface area contributed by atoms with Crippen LogP contribution in [0.2, 0.25) is 0 Å². The predicted molar refractivity (Wildman–Crippen MR) is 73.1 cm³/mol. The molecule has 7 heteroatoms. The van der Waals surface area contributed by atoms with Crippen LogP contribution < -0.4 is 10.2 Å². The molecule has 1 heterocycles. The minimum absolute atomic E-state index is 0.142. The van der Waals surface area contributed by atoms with Crippen LogP contribution in [0, 0.1) is 0 Å². The number of hydrogen-bond donors (Lipinski definition) is 2. The fourth-order valence-corrected chi connectivity index (χ4v) is 1.70. The Morgan fingerprint density at radius 2 is 2.25 bits per heavy atom. The molecular weight excluding hydrogens is 268 g/mol. The number of aromatic nitrogens is 1. The molecule has 1 rings (SSSR count). The van der Waals surface area contributed by atoms with Crippen LogP contribution in [-0.2, 0) is 11.3 Å². The van der Waals surface area contributed by atoms with Crippen LogP contribution in [0.15, 0.2) is 18.3 Å². The summed E-state index contributed by atoms with van der Waals surface area (Å²) in [5.41, 5.74) is 0.964. The van der Waals surface area contributed by atoms with Crippen molar-refractivity contribution in [1.29, 1.82) is 0 Å². The highest BCUT2D eigenvalue weighted by atomic mass is 19.3. The lowest BCUT2D eigenvalue weighted by atomic mass is 10.2. The minimum atomic E-state index is -2.46. The van der Waals surface area contributed by atoms with Crippen molar-refractivity contribution in [3.05, 3.63) is 23.9 Å². The molecule has 0 spiro atoms. The van der Waals surface area contributed by atoms with Gasteiger partial charge in [-0.3, -0.25) is 0 Å². The van der Waals surface area contributed by atoms with Crippen molar-refractivity contribution >= 4 is 5.82 Å². The van der Waals surface area contributed by atoms with Gasteiger partial charge in [0.1, 0.15) is 5.82 Å². The lowest BCUT2D eigenvalue weighted by Gasteiger charge is -2.22. The van der Waals surface area contributed by atoms with Crippen molar-refractivity contribution < 1.29 is 18.6 Å². The number of alkyl halides is 2. The maximum absolute atomic E-state index is 12.4. The third-order valence-electron chi connectivity index (χ3n) is 2.67. The number of methoxy groups -OCH3 is 1. The van der Waals surface area contributed by atoms with Crippen molar-refractivity contribution in [2.75, 3.05) is 44.9 Å². The molecule has 0 aliphatic carbocycles. The molecule has 20 heavy (non-hydrogen) atoms. The second-order valence-corrected chi connectivity index (χ2v) is 4.25. The quantitative estimate of drug-likeness (QED) is 0.626. The zero-order valence-electron chi connectivity index (χ0n) is 11.6. The maximum atomic E-state index is 12.4. The van der Waals surface area contributed by atoms with Gasteiger partial charge in [-0.05, 0) is 11.6 Å². The number of halogens is 2. The minimum Gasteiger partial charge on any atom is -0.395 e. The fourth-order valence-electron chi connectivity index (χ4n) is 1.70. The Labute approximate surface area is 117 Å². The molecule has 0 atom stereocenters. The van der Waals surface area contributed by atoms with Gasteiger partial charge < -0.3 is 20.1 Å². The molecule has 1 aromatic rings. The average molecular weight is 289 g/mol. The van der Waals surface area contributed by atoms with Crippen LogP contribution in [0.3, 0.4) is 0 Å². The Morgan fingerprint density at radius 1 is 1.45 bits per heavy atom. The first-order valence-electron chi connectivity index (χ1n) is 6.46. The van der Waals surface area contributed by atoms with E-state index in [0.717, 1.165) is 12.1 Å². The zero-order chi connectivity index (χ0) is 14.8. The number of rotatable bonds is 10. The van der Waals surface area contributed by atoms with Gasteiger partial charge in [-0.2, -0.15) is 0 Å². The van der Waals surface area contributed by atoms with E-state index >= 15 is 0 Å². The van der Waals surface area contributed by atoms with E-state index < -0.39 is 13.0 Å². The summed E-state index contributed by atoms with van der Waals surface area (Å²) in [5, 5.41) is 12.1. The Kier molecular flexibility index (Phi) is 8.01. The first kappa shape index (κ1) is 16.7. The highest BCUT2D eigenvalue weighted by Crippen LogP contribution is 2.12. The van der Waals surface area contributed by atoms with E-state index in [9.17, 15) is 8.78 Å². The molecule has 0 aliphatic rings. The summed E-state index contributed by atoms with van der Waals surface area (Å²) in [6, 6.07) is 3.52. The lowest BCUT2D eigenvalue weighted by Crippen LogP contribution is -2.32. The predicted octanol–water partition coefficient (Wildman–Crippen LogP) is 0.881. The fraction of sp³-hybridized carbons (Fsp3) is 0.615. The average Bonchev–Trinajstić information content (AvgIpc) is 2.43. The first-order chi connectivity index (χ1) is 9.67. The van der Waals surface area contributed by atoms with Gasteiger partial charge in [0.05, 0.1) is 19.8 Å². The van der Waals surface area contributed by atoms with Gasteiger partial charge in [0.25, 0.3) is 6.43 Å². The van der Waals surface area contributed by atoms with Crippen molar-refractivity contribution in [2.45, 2.75) is 13.0 Å². The van der Waals surface area contributed by atoms with Crippen LogP contribution in [0.5, 0.6) is 0 Å². The number of aliphatic hydroxyl groups excluding tert-OH is 1. The second-order valence-electron chi connectivity index (χ2n) is 4.25. The van der Waals surface area contributed by atoms with E-state index in [1.165, 1.54) is 4.90 Å². The lowest BCUT2D eigenvalue weighted by molar-refractivity contribution is 0.152. The Morgan fingerprint density at radius 3 is 2.80 bits per heavy atom. The Balaban J connectivity index is 2.54. The summed E-state index contributed by atoms with van der Waals surface area (Å²) in [7, 11) is 1.64. The van der Waals surface area contributed by atoms with Gasteiger partial charge in [0.2, 0.25) is 0 Å². The normalized spacial score (nSPS) is 11.1. The smallest absolute Gasteiger partial charge is 0.255 e. The summed E-state index contributed by atoms with van der Waals surface area (Å²) < 4.78 is 29.8. The number of nitrogens with zero attached hydrogens (tertiary/aromatic N) is 2. The van der Waals surface area contributed by atoms with Gasteiger partial charge in [-0.1, -0.05) is 6.07 Å². The summed E-state index contributed by atoms with van der Waals surface area (Å²) in [6.45, 7) is 1.53. The van der Waals surface area contributed by atoms with Crippen LogP contribution in [0.1, 0.15) is 5.56 Å². The van der Waals surface area contributed by atoms with Crippen molar-refractivity contribution in [2.24, 2.45) is 0 Å². The molecule has 0 fully saturated rings. The molecule has 0 saturated heterocycles. The third kappa shape index (κ3) is 6.23. The van der Waals surface area contributed by atoms with Gasteiger partial charge in [0.15, 0.2) is 0 Å². The first-order valence-corrected chi connectivity index (χ1v) is 6.46. The summed E-state index contributed by atoms with van der Waals surface area (Å²) >= 11 is 0. The van der Waals surface area contributed by atoms with Gasteiger partial charge >= 0.3 is 0 Å². The molecule has 1 aromatic heterocycles. The number of pyridine rings is 1. The summed E-state index contributed by atoms with van der Waals surface area (Å²) in [6.07, 6.45) is -0.816. The maximum Gasteiger partial charge on any atom is 0.255 e. The van der Waals surface area contributed by atoms with Crippen LogP contribution in [-0.4, -0.2) is 56.5 Å². The summed E-state index contributed by atoms with van der Waals surface area (Å²) in [4.78, 5) is 5.53. The molecule has 0 unspecified atom stereocenters. The summed E-state index contributed by atoms with van der Waals surface area (Å²) in [5.74, 6) is 0.444. The molecule has 114 valence electrons. The van der Waals surface area contributed by atoms with Gasteiger partial charge in [0, 0.05) is 32.9 Å². The number of ether oxygens (including phenoxy) is 1. The van der Waals surface area contributed by atoms with E-state index in [2.05, 4.69) is 10.3 Å². The Hall–Kier alpha value is -1.31. The van der Waals surface area contributed by atoms with Gasteiger partial charge in [-0.25, -0.2) is 13.8 Å². The van der Waals surface area contributed by atoms with Crippen molar-refractivity contribution in [3.8, 4) is 0 Å². The molecule has 2 N–H and O–H groups in total. The molecule has 0 bridgehead atoms. The number of aliphatic hydroxyl groups is 1. The van der Waals surface area contributed by atoms with Crippen LogP contribution in [0.4, 0.5) is 14.6 Å². The van der Waals surface area contributed by atoms with Gasteiger partial charge in [-0.15, -0.1) is 0 Å². The topological polar surface area (TPSA) is 57.6 Å². The largest absolute Gasteiger partial charge is 0.395 e. The monoisotopic (exact) mass is 289 g/mol. The number of nitrogens with one attached hydrogen (secondary N) is 1. The van der Waals surface area contributed by atoms with Crippen LogP contribution in [0.25, 0.3) is 0 Å². The van der Waals surface area contributed by atoms with E-state index in [4.69, 9.17) is 9.84 Å². The second kappa shape index (κ2) is 9.57. The zero-order valence-corrected chi connectivity index (χ0v) is 11.6. The molecule has 0 aliphatic heterocycles. The Bertz CT molecular complexity index is 363. The molecule has 0 radical (unpaired) electrons. The standard InChI is InChI=1S/C13H21F2N3O2/c1-20-7-4-16-8-11-2-3-13(17-9-11)18(5-6-19)10-12(14)15/h2-3,9,12,16,19H,4-8,10H2,1H3. The van der Waals surface area contributed by atoms with Crippen LogP contribution >= 0.6 is 0 Å². The number of anilines is 1. The van der Waals surface area contributed by atoms with Crippen molar-refractivity contribution in [1.82, 2.24) is 10.3 Å². The van der Waals surface area contributed by atoms with E-state index in [0.29, 0.717) is 19.0 Å². The molecule has 0 amide bonds. The highest BCUT2D eigenvalue weighted by Gasteiger charge is 2.13. The molecule has 5 nitrogen and oxygen atoms in total. The number of hydrogen-bond acceptors (Lipinski definition) is 5. The van der Waals surface area contributed by atoms with Crippen molar-refractivity contribution in [3.63, 3.8) is 0 Å². The molecule has 0 saturated carbocycles. The molecular formula is C13H21F2N3O2. The SMILES string of the molecule is COCCNCc1ccc(N(CCO)CC(F)F)nc1. The van der Waals surface area contributed by atoms with E-state index in [-0.39, 0.29) is 13.2 Å².